The van der Waals surface area contributed by atoms with Gasteiger partial charge in [0.25, 0.3) is 0 Å². The van der Waals surface area contributed by atoms with Crippen molar-refractivity contribution in [3.63, 3.8) is 0 Å². The Hall–Kier alpha value is -0.610. The number of ether oxygens (including phenoxy) is 1. The third-order valence-electron chi connectivity index (χ3n) is 3.61. The van der Waals surface area contributed by atoms with Crippen LogP contribution in [0, 0.1) is 5.92 Å². The third-order valence-corrected chi connectivity index (χ3v) is 3.61. The maximum atomic E-state index is 11.5. The molecule has 0 amide bonds. The maximum Gasteiger partial charge on any atom is 0.324 e. The van der Waals surface area contributed by atoms with Crippen molar-refractivity contribution in [2.24, 2.45) is 11.7 Å². The first-order valence-corrected chi connectivity index (χ1v) is 6.67. The highest BCUT2D eigenvalue weighted by Crippen LogP contribution is 2.26. The van der Waals surface area contributed by atoms with E-state index in [9.17, 15) is 4.79 Å². The lowest BCUT2D eigenvalue weighted by atomic mass is 9.86. The topological polar surface area (TPSA) is 55.6 Å². The Bertz CT molecular complexity index is 246. The highest BCUT2D eigenvalue weighted by molar-refractivity contribution is 5.75. The standard InChI is InChI=1S/C13H26N2O2/c1-4-17-13(16)12(14)9-15(3)11-7-5-6-10(2)8-11/h10-12H,4-9,14H2,1-3H3. The van der Waals surface area contributed by atoms with E-state index in [1.54, 1.807) is 6.92 Å². The molecule has 3 unspecified atom stereocenters. The maximum absolute atomic E-state index is 11.5. The smallest absolute Gasteiger partial charge is 0.324 e. The van der Waals surface area contributed by atoms with Crippen LogP contribution in [0.15, 0.2) is 0 Å². The molecule has 0 heterocycles. The van der Waals surface area contributed by atoms with E-state index in [1.165, 1.54) is 25.7 Å². The van der Waals surface area contributed by atoms with Crippen LogP contribution in [0.5, 0.6) is 0 Å². The molecule has 0 aromatic rings. The largest absolute Gasteiger partial charge is 0.465 e. The number of carbonyl (C=O) groups excluding carboxylic acids is 1. The summed E-state index contributed by atoms with van der Waals surface area (Å²) >= 11 is 0. The second-order valence-corrected chi connectivity index (χ2v) is 5.22. The molecule has 0 bridgehead atoms. The van der Waals surface area contributed by atoms with Gasteiger partial charge in [0.15, 0.2) is 0 Å². The van der Waals surface area contributed by atoms with Crippen LogP contribution in [0.25, 0.3) is 0 Å². The number of nitrogens with two attached hydrogens (primary N) is 1. The van der Waals surface area contributed by atoms with E-state index < -0.39 is 6.04 Å². The van der Waals surface area contributed by atoms with Crippen molar-refractivity contribution in [1.29, 1.82) is 0 Å². The summed E-state index contributed by atoms with van der Waals surface area (Å²) in [6.45, 7) is 5.09. The molecular formula is C13H26N2O2. The summed E-state index contributed by atoms with van der Waals surface area (Å²) in [5.41, 5.74) is 5.83. The quantitative estimate of drug-likeness (QED) is 0.740. The van der Waals surface area contributed by atoms with Crippen molar-refractivity contribution in [2.45, 2.75) is 51.6 Å². The third kappa shape index (κ3) is 4.64. The zero-order valence-electron chi connectivity index (χ0n) is 11.3. The first kappa shape index (κ1) is 14.5. The van der Waals surface area contributed by atoms with Crippen molar-refractivity contribution in [3.05, 3.63) is 0 Å². The van der Waals surface area contributed by atoms with Crippen molar-refractivity contribution >= 4 is 5.97 Å². The minimum absolute atomic E-state index is 0.289. The Morgan fingerprint density at radius 3 is 2.82 bits per heavy atom. The van der Waals surface area contributed by atoms with Gasteiger partial charge in [-0.3, -0.25) is 4.79 Å². The van der Waals surface area contributed by atoms with Gasteiger partial charge in [0.2, 0.25) is 0 Å². The summed E-state index contributed by atoms with van der Waals surface area (Å²) < 4.78 is 4.92. The molecular weight excluding hydrogens is 216 g/mol. The van der Waals surface area contributed by atoms with Gasteiger partial charge in [-0.2, -0.15) is 0 Å². The van der Waals surface area contributed by atoms with Gasteiger partial charge in [-0.1, -0.05) is 19.8 Å². The molecule has 0 aromatic heterocycles. The number of likely N-dealkylation sites (N-methyl/N-ethyl adjacent to an activating group) is 1. The van der Waals surface area contributed by atoms with Crippen LogP contribution >= 0.6 is 0 Å². The lowest BCUT2D eigenvalue weighted by Gasteiger charge is -2.35. The molecule has 0 aliphatic heterocycles. The fraction of sp³-hybridized carbons (Fsp3) is 0.923. The van der Waals surface area contributed by atoms with Gasteiger partial charge in [0.1, 0.15) is 6.04 Å². The fourth-order valence-corrected chi connectivity index (χ4v) is 2.59. The van der Waals surface area contributed by atoms with Crippen LogP contribution in [0.2, 0.25) is 0 Å². The van der Waals surface area contributed by atoms with Crippen molar-refractivity contribution < 1.29 is 9.53 Å². The molecule has 1 aliphatic carbocycles. The number of nitrogens with zero attached hydrogens (tertiary/aromatic N) is 1. The average Bonchev–Trinajstić information content (AvgIpc) is 2.29. The van der Waals surface area contributed by atoms with Crippen LogP contribution in [0.4, 0.5) is 0 Å². The molecule has 0 aromatic carbocycles. The van der Waals surface area contributed by atoms with Gasteiger partial charge < -0.3 is 15.4 Å². The molecule has 3 atom stereocenters. The van der Waals surface area contributed by atoms with Gasteiger partial charge in [0.05, 0.1) is 6.61 Å². The molecule has 1 aliphatic rings. The lowest BCUT2D eigenvalue weighted by molar-refractivity contribution is -0.145. The van der Waals surface area contributed by atoms with Gasteiger partial charge in [-0.05, 0) is 32.7 Å². The van der Waals surface area contributed by atoms with Crippen LogP contribution in [0.3, 0.4) is 0 Å². The van der Waals surface area contributed by atoms with Gasteiger partial charge in [-0.25, -0.2) is 0 Å². The summed E-state index contributed by atoms with van der Waals surface area (Å²) in [4.78, 5) is 13.7. The summed E-state index contributed by atoms with van der Waals surface area (Å²) in [6.07, 6.45) is 5.04. The van der Waals surface area contributed by atoms with Gasteiger partial charge in [0, 0.05) is 12.6 Å². The molecule has 1 fully saturated rings. The van der Waals surface area contributed by atoms with E-state index in [0.717, 1.165) is 5.92 Å². The Labute approximate surface area is 104 Å². The molecule has 0 saturated heterocycles. The molecule has 1 saturated carbocycles. The fourth-order valence-electron chi connectivity index (χ4n) is 2.59. The van der Waals surface area contributed by atoms with Crippen molar-refractivity contribution in [2.75, 3.05) is 20.2 Å². The van der Waals surface area contributed by atoms with Crippen LogP contribution in [-0.2, 0) is 9.53 Å². The number of rotatable bonds is 5. The van der Waals surface area contributed by atoms with E-state index in [-0.39, 0.29) is 5.97 Å². The Morgan fingerprint density at radius 1 is 1.53 bits per heavy atom. The molecule has 4 heteroatoms. The van der Waals surface area contributed by atoms with Crippen LogP contribution in [0.1, 0.15) is 39.5 Å². The van der Waals surface area contributed by atoms with Gasteiger partial charge in [-0.15, -0.1) is 0 Å². The van der Waals surface area contributed by atoms with Crippen LogP contribution < -0.4 is 5.73 Å². The summed E-state index contributed by atoms with van der Waals surface area (Å²) in [5.74, 6) is 0.498. The Kier molecular flexibility index (Phi) is 5.92. The van der Waals surface area contributed by atoms with Crippen LogP contribution in [-0.4, -0.2) is 43.2 Å². The number of carbonyl (C=O) groups is 1. The van der Waals surface area contributed by atoms with E-state index in [4.69, 9.17) is 10.5 Å². The first-order chi connectivity index (χ1) is 8.04. The molecule has 0 spiro atoms. The predicted octanol–water partition coefficient (Wildman–Crippen LogP) is 1.39. The second-order valence-electron chi connectivity index (χ2n) is 5.22. The minimum Gasteiger partial charge on any atom is -0.465 e. The Morgan fingerprint density at radius 2 is 2.24 bits per heavy atom. The Balaban J connectivity index is 2.36. The molecule has 4 nitrogen and oxygen atoms in total. The molecule has 2 N–H and O–H groups in total. The molecule has 1 rings (SSSR count). The van der Waals surface area contributed by atoms with E-state index >= 15 is 0 Å². The second kappa shape index (κ2) is 6.97. The first-order valence-electron chi connectivity index (χ1n) is 6.67. The van der Waals surface area contributed by atoms with Gasteiger partial charge >= 0.3 is 5.97 Å². The number of hydrogen-bond acceptors (Lipinski definition) is 4. The molecule has 100 valence electrons. The zero-order chi connectivity index (χ0) is 12.8. The molecule has 17 heavy (non-hydrogen) atoms. The zero-order valence-corrected chi connectivity index (χ0v) is 11.3. The van der Waals surface area contributed by atoms with Crippen molar-refractivity contribution in [3.8, 4) is 0 Å². The lowest BCUT2D eigenvalue weighted by Crippen LogP contribution is -2.46. The summed E-state index contributed by atoms with van der Waals surface area (Å²) in [7, 11) is 2.06. The van der Waals surface area contributed by atoms with Crippen molar-refractivity contribution in [1.82, 2.24) is 4.90 Å². The van der Waals surface area contributed by atoms with E-state index in [0.29, 0.717) is 19.2 Å². The molecule has 0 radical (unpaired) electrons. The number of esters is 1. The minimum atomic E-state index is -0.516. The predicted molar refractivity (Wildman–Crippen MR) is 68.7 cm³/mol. The SMILES string of the molecule is CCOC(=O)C(N)CN(C)C1CCCC(C)C1. The highest BCUT2D eigenvalue weighted by Gasteiger charge is 2.25. The van der Waals surface area contributed by atoms with E-state index in [2.05, 4.69) is 18.9 Å². The summed E-state index contributed by atoms with van der Waals surface area (Å²) in [5, 5.41) is 0. The normalized spacial score (nSPS) is 26.9. The monoisotopic (exact) mass is 242 g/mol. The highest BCUT2D eigenvalue weighted by atomic mass is 16.5. The summed E-state index contributed by atoms with van der Waals surface area (Å²) in [6, 6.07) is 0.0522. The number of hydrogen-bond donors (Lipinski definition) is 1. The van der Waals surface area contributed by atoms with E-state index in [1.807, 2.05) is 0 Å². The average molecular weight is 242 g/mol.